The number of fused-ring (bicyclic) bond motifs is 1. The van der Waals surface area contributed by atoms with Crippen molar-refractivity contribution in [2.75, 3.05) is 54.5 Å². The number of H-pyrrole nitrogens is 1. The van der Waals surface area contributed by atoms with Gasteiger partial charge in [-0.15, -0.1) is 0 Å². The molecule has 1 aromatic heterocycles. The third-order valence-electron chi connectivity index (χ3n) is 4.66. The Hall–Kier alpha value is -2.81. The Morgan fingerprint density at radius 3 is 2.37 bits per heavy atom. The number of nitrogens with zero attached hydrogens (tertiary/aromatic N) is 4. The van der Waals surface area contributed by atoms with Crippen LogP contribution in [0.3, 0.4) is 0 Å². The van der Waals surface area contributed by atoms with Crippen molar-refractivity contribution in [3.8, 4) is 11.5 Å². The number of ether oxygens (including phenoxy) is 2. The molecule has 0 radical (unpaired) electrons. The molecule has 9 nitrogen and oxygen atoms in total. The fourth-order valence-corrected chi connectivity index (χ4v) is 3.18. The van der Waals surface area contributed by atoms with E-state index in [0.29, 0.717) is 47.9 Å². The summed E-state index contributed by atoms with van der Waals surface area (Å²) in [6, 6.07) is 3.36. The van der Waals surface area contributed by atoms with E-state index < -0.39 is 0 Å². The number of piperazine rings is 1. The maximum atomic E-state index is 12.5. The lowest BCUT2D eigenvalue weighted by Gasteiger charge is -2.35. The summed E-state index contributed by atoms with van der Waals surface area (Å²) in [6.07, 6.45) is 0. The smallest absolute Gasteiger partial charge is 0.319 e. The summed E-state index contributed by atoms with van der Waals surface area (Å²) in [6.45, 7) is 3.28. The van der Waals surface area contributed by atoms with Crippen LogP contribution in [0.1, 0.15) is 5.82 Å². The highest BCUT2D eigenvalue weighted by molar-refractivity contribution is 5.81. The van der Waals surface area contributed by atoms with E-state index >= 15 is 0 Å². The van der Waals surface area contributed by atoms with Gasteiger partial charge in [-0.05, 0) is 6.07 Å². The SMILES string of the molecule is COc1cc2nc(CN3CCN(C(=O)N(C)C)CC3)[nH]c(=O)c2cc1OC. The van der Waals surface area contributed by atoms with Crippen molar-refractivity contribution in [1.82, 2.24) is 24.7 Å². The number of rotatable bonds is 4. The number of aromatic amines is 1. The Morgan fingerprint density at radius 1 is 1.15 bits per heavy atom. The van der Waals surface area contributed by atoms with Gasteiger partial charge in [0.2, 0.25) is 0 Å². The normalized spacial score (nSPS) is 15.0. The first-order chi connectivity index (χ1) is 12.9. The predicted octanol–water partition coefficient (Wildman–Crippen LogP) is 0.740. The van der Waals surface area contributed by atoms with Gasteiger partial charge in [0.05, 0.1) is 31.7 Å². The summed E-state index contributed by atoms with van der Waals surface area (Å²) in [5.41, 5.74) is 0.352. The molecule has 2 aromatic rings. The van der Waals surface area contributed by atoms with Gasteiger partial charge >= 0.3 is 6.03 Å². The van der Waals surface area contributed by atoms with Crippen LogP contribution in [-0.4, -0.2) is 85.2 Å². The number of methoxy groups -OCH3 is 2. The molecule has 1 aromatic carbocycles. The Labute approximate surface area is 157 Å². The maximum Gasteiger partial charge on any atom is 0.319 e. The maximum absolute atomic E-state index is 12.5. The summed E-state index contributed by atoms with van der Waals surface area (Å²) >= 11 is 0. The molecule has 2 heterocycles. The van der Waals surface area contributed by atoms with Crippen LogP contribution in [0.2, 0.25) is 0 Å². The number of carbonyl (C=O) groups excluding carboxylic acids is 1. The van der Waals surface area contributed by atoms with Crippen LogP contribution in [0.25, 0.3) is 10.9 Å². The van der Waals surface area contributed by atoms with E-state index in [9.17, 15) is 9.59 Å². The molecule has 0 aliphatic carbocycles. The number of benzene rings is 1. The van der Waals surface area contributed by atoms with Gasteiger partial charge in [0.25, 0.3) is 5.56 Å². The second-order valence-electron chi connectivity index (χ2n) is 6.68. The van der Waals surface area contributed by atoms with E-state index in [4.69, 9.17) is 9.47 Å². The van der Waals surface area contributed by atoms with Crippen LogP contribution < -0.4 is 15.0 Å². The molecule has 1 aliphatic rings. The average molecular weight is 375 g/mol. The second-order valence-corrected chi connectivity index (χ2v) is 6.68. The third-order valence-corrected chi connectivity index (χ3v) is 4.66. The zero-order chi connectivity index (χ0) is 19.6. The number of aromatic nitrogens is 2. The molecule has 0 atom stereocenters. The van der Waals surface area contributed by atoms with E-state index in [1.54, 1.807) is 38.2 Å². The van der Waals surface area contributed by atoms with E-state index in [-0.39, 0.29) is 11.6 Å². The largest absolute Gasteiger partial charge is 0.493 e. The molecule has 0 unspecified atom stereocenters. The standard InChI is InChI=1S/C18H25N5O4/c1-21(2)18(25)23-7-5-22(6-8-23)11-16-19-13-10-15(27-4)14(26-3)9-12(13)17(24)20-16/h9-10H,5-8,11H2,1-4H3,(H,19,20,24). The quantitative estimate of drug-likeness (QED) is 0.848. The predicted molar refractivity (Wildman–Crippen MR) is 101 cm³/mol. The van der Waals surface area contributed by atoms with Crippen molar-refractivity contribution in [2.24, 2.45) is 0 Å². The summed E-state index contributed by atoms with van der Waals surface area (Å²) < 4.78 is 10.5. The minimum Gasteiger partial charge on any atom is -0.493 e. The topological polar surface area (TPSA) is 91.0 Å². The number of hydrogen-bond acceptors (Lipinski definition) is 6. The molecule has 0 bridgehead atoms. The average Bonchev–Trinajstić information content (AvgIpc) is 2.67. The van der Waals surface area contributed by atoms with Gasteiger partial charge < -0.3 is 24.3 Å². The Balaban J connectivity index is 1.76. The monoisotopic (exact) mass is 375 g/mol. The van der Waals surface area contributed by atoms with E-state index in [1.807, 2.05) is 4.90 Å². The Kier molecular flexibility index (Phi) is 5.50. The number of amides is 2. The van der Waals surface area contributed by atoms with Crippen LogP contribution in [-0.2, 0) is 6.54 Å². The number of nitrogens with one attached hydrogen (secondary N) is 1. The van der Waals surface area contributed by atoms with E-state index in [0.717, 1.165) is 13.1 Å². The number of hydrogen-bond donors (Lipinski definition) is 1. The molecular formula is C18H25N5O4. The molecule has 9 heteroatoms. The molecule has 2 amide bonds. The highest BCUT2D eigenvalue weighted by atomic mass is 16.5. The first kappa shape index (κ1) is 19.0. The number of carbonyl (C=O) groups is 1. The van der Waals surface area contributed by atoms with Crippen LogP contribution in [0.4, 0.5) is 4.79 Å². The van der Waals surface area contributed by atoms with Crippen molar-refractivity contribution in [2.45, 2.75) is 6.54 Å². The van der Waals surface area contributed by atoms with E-state index in [2.05, 4.69) is 14.9 Å². The van der Waals surface area contributed by atoms with Crippen LogP contribution >= 0.6 is 0 Å². The lowest BCUT2D eigenvalue weighted by Crippen LogP contribution is -2.51. The van der Waals surface area contributed by atoms with Gasteiger partial charge in [-0.1, -0.05) is 0 Å². The fourth-order valence-electron chi connectivity index (χ4n) is 3.18. The van der Waals surface area contributed by atoms with Gasteiger partial charge in [-0.25, -0.2) is 9.78 Å². The first-order valence-corrected chi connectivity index (χ1v) is 8.76. The van der Waals surface area contributed by atoms with Crippen LogP contribution in [0.5, 0.6) is 11.5 Å². The molecule has 3 rings (SSSR count). The molecule has 0 saturated carbocycles. The van der Waals surface area contributed by atoms with Crippen molar-refractivity contribution in [3.63, 3.8) is 0 Å². The molecular weight excluding hydrogens is 350 g/mol. The molecule has 1 N–H and O–H groups in total. The summed E-state index contributed by atoms with van der Waals surface area (Å²) in [4.78, 5) is 37.5. The zero-order valence-corrected chi connectivity index (χ0v) is 16.1. The van der Waals surface area contributed by atoms with Gasteiger partial charge in [-0.3, -0.25) is 9.69 Å². The van der Waals surface area contributed by atoms with Gasteiger partial charge in [0, 0.05) is 46.3 Å². The Morgan fingerprint density at radius 2 is 1.78 bits per heavy atom. The molecule has 1 fully saturated rings. The lowest BCUT2D eigenvalue weighted by molar-refractivity contribution is 0.118. The molecule has 146 valence electrons. The van der Waals surface area contributed by atoms with Crippen molar-refractivity contribution >= 4 is 16.9 Å². The Bertz CT molecular complexity index is 887. The third kappa shape index (κ3) is 3.97. The van der Waals surface area contributed by atoms with Crippen molar-refractivity contribution in [3.05, 3.63) is 28.3 Å². The zero-order valence-electron chi connectivity index (χ0n) is 16.1. The van der Waals surface area contributed by atoms with Crippen molar-refractivity contribution < 1.29 is 14.3 Å². The molecule has 27 heavy (non-hydrogen) atoms. The fraction of sp³-hybridized carbons (Fsp3) is 0.500. The van der Waals surface area contributed by atoms with Gasteiger partial charge in [0.15, 0.2) is 11.5 Å². The molecule has 1 saturated heterocycles. The first-order valence-electron chi connectivity index (χ1n) is 8.76. The minimum absolute atomic E-state index is 0.0212. The summed E-state index contributed by atoms with van der Waals surface area (Å²) in [5, 5.41) is 0.456. The van der Waals surface area contributed by atoms with Crippen molar-refractivity contribution in [1.29, 1.82) is 0 Å². The molecule has 0 spiro atoms. The summed E-state index contributed by atoms with van der Waals surface area (Å²) in [5.74, 6) is 1.61. The minimum atomic E-state index is -0.211. The highest BCUT2D eigenvalue weighted by Crippen LogP contribution is 2.29. The second kappa shape index (κ2) is 7.83. The summed E-state index contributed by atoms with van der Waals surface area (Å²) in [7, 11) is 6.58. The van der Waals surface area contributed by atoms with Crippen LogP contribution in [0, 0.1) is 0 Å². The van der Waals surface area contributed by atoms with Gasteiger partial charge in [0.1, 0.15) is 5.82 Å². The van der Waals surface area contributed by atoms with E-state index in [1.165, 1.54) is 7.11 Å². The van der Waals surface area contributed by atoms with Gasteiger partial charge in [-0.2, -0.15) is 0 Å². The lowest BCUT2D eigenvalue weighted by atomic mass is 10.2. The van der Waals surface area contributed by atoms with Crippen LogP contribution in [0.15, 0.2) is 16.9 Å². The molecule has 1 aliphatic heterocycles. The number of urea groups is 1. The highest BCUT2D eigenvalue weighted by Gasteiger charge is 2.22.